The summed E-state index contributed by atoms with van der Waals surface area (Å²) in [5, 5.41) is 11.8. The maximum atomic E-state index is 12.9. The molecule has 2 aliphatic heterocycles. The first-order chi connectivity index (χ1) is 15.7. The summed E-state index contributed by atoms with van der Waals surface area (Å²) in [6.45, 7) is 4.42. The second-order valence-corrected chi connectivity index (χ2v) is 9.30. The molecule has 1 aliphatic carbocycles. The number of nitrogens with zero attached hydrogens (tertiary/aromatic N) is 5. The number of piperazine rings is 1. The van der Waals surface area contributed by atoms with E-state index in [9.17, 15) is 9.59 Å². The molecule has 2 amide bonds. The zero-order chi connectivity index (χ0) is 21.9. The van der Waals surface area contributed by atoms with Crippen LogP contribution in [0, 0.1) is 5.92 Å². The summed E-state index contributed by atoms with van der Waals surface area (Å²) in [6, 6.07) is 9.86. The number of nitrogens with one attached hydrogen (secondary N) is 1. The topological polar surface area (TPSA) is 83.4 Å². The average molecular weight is 437 g/mol. The van der Waals surface area contributed by atoms with Crippen LogP contribution in [0.5, 0.6) is 0 Å². The Morgan fingerprint density at radius 2 is 1.75 bits per heavy atom. The van der Waals surface area contributed by atoms with Crippen molar-refractivity contribution in [2.24, 2.45) is 5.92 Å². The number of rotatable bonds is 5. The Labute approximate surface area is 189 Å². The van der Waals surface area contributed by atoms with Gasteiger partial charge in [-0.1, -0.05) is 49.6 Å². The number of carbonyl (C=O) groups excluding carboxylic acids is 2. The van der Waals surface area contributed by atoms with Crippen LogP contribution in [0.15, 0.2) is 30.3 Å². The molecule has 0 bridgehead atoms. The van der Waals surface area contributed by atoms with Gasteiger partial charge in [-0.3, -0.25) is 14.5 Å². The van der Waals surface area contributed by atoms with Crippen molar-refractivity contribution in [3.05, 3.63) is 47.5 Å². The standard InChI is InChI=1S/C24H32N6O2/c31-21(15-18-7-3-1-4-8-18)29-12-11-28-13-14-30-22(20(28)17-29)26-27-23(30)24(32)25-16-19-9-5-2-6-10-19/h1,3-4,7-8,19-20H,2,5-6,9-17H2,(H,25,32)/t20-/m0/s1. The smallest absolute Gasteiger partial charge is 0.289 e. The second-order valence-electron chi connectivity index (χ2n) is 9.30. The normalized spacial score (nSPS) is 21.6. The van der Waals surface area contributed by atoms with Gasteiger partial charge in [-0.15, -0.1) is 10.2 Å². The van der Waals surface area contributed by atoms with E-state index < -0.39 is 0 Å². The Bertz CT molecular complexity index is 953. The maximum absolute atomic E-state index is 12.9. The summed E-state index contributed by atoms with van der Waals surface area (Å²) >= 11 is 0. The molecule has 170 valence electrons. The second kappa shape index (κ2) is 9.40. The highest BCUT2D eigenvalue weighted by atomic mass is 16.2. The lowest BCUT2D eigenvalue weighted by atomic mass is 9.89. The van der Waals surface area contributed by atoms with E-state index in [1.54, 1.807) is 0 Å². The molecule has 8 nitrogen and oxygen atoms in total. The van der Waals surface area contributed by atoms with E-state index in [1.807, 2.05) is 39.8 Å². The Balaban J connectivity index is 1.24. The van der Waals surface area contributed by atoms with E-state index >= 15 is 0 Å². The third kappa shape index (κ3) is 4.41. The molecule has 0 unspecified atom stereocenters. The molecule has 3 aliphatic rings. The lowest BCUT2D eigenvalue weighted by Gasteiger charge is -2.43. The number of amides is 2. The number of aromatic nitrogens is 3. The summed E-state index contributed by atoms with van der Waals surface area (Å²) < 4.78 is 1.96. The van der Waals surface area contributed by atoms with E-state index in [-0.39, 0.29) is 17.9 Å². The van der Waals surface area contributed by atoms with Gasteiger partial charge in [0.2, 0.25) is 11.7 Å². The Morgan fingerprint density at radius 1 is 0.969 bits per heavy atom. The number of hydrogen-bond donors (Lipinski definition) is 1. The summed E-state index contributed by atoms with van der Waals surface area (Å²) in [7, 11) is 0. The van der Waals surface area contributed by atoms with E-state index in [4.69, 9.17) is 0 Å². The fourth-order valence-corrected chi connectivity index (χ4v) is 5.33. The maximum Gasteiger partial charge on any atom is 0.289 e. The summed E-state index contributed by atoms with van der Waals surface area (Å²) in [4.78, 5) is 30.0. The minimum absolute atomic E-state index is 0.00961. The van der Waals surface area contributed by atoms with Gasteiger partial charge < -0.3 is 14.8 Å². The molecule has 2 fully saturated rings. The quantitative estimate of drug-likeness (QED) is 0.776. The summed E-state index contributed by atoms with van der Waals surface area (Å²) in [5.41, 5.74) is 1.03. The van der Waals surface area contributed by atoms with Crippen molar-refractivity contribution in [2.75, 3.05) is 32.7 Å². The zero-order valence-corrected chi connectivity index (χ0v) is 18.6. The number of benzene rings is 1. The average Bonchev–Trinajstić information content (AvgIpc) is 3.28. The molecule has 5 rings (SSSR count). The molecule has 2 aromatic rings. The first-order valence-electron chi connectivity index (χ1n) is 12.0. The lowest BCUT2D eigenvalue weighted by molar-refractivity contribution is -0.134. The highest BCUT2D eigenvalue weighted by molar-refractivity contribution is 5.90. The van der Waals surface area contributed by atoms with Crippen molar-refractivity contribution in [3.8, 4) is 0 Å². The van der Waals surface area contributed by atoms with E-state index in [0.29, 0.717) is 31.3 Å². The fourth-order valence-electron chi connectivity index (χ4n) is 5.33. The van der Waals surface area contributed by atoms with E-state index in [0.717, 1.165) is 37.6 Å². The highest BCUT2D eigenvalue weighted by Gasteiger charge is 2.38. The molecule has 1 N–H and O–H groups in total. The van der Waals surface area contributed by atoms with Crippen molar-refractivity contribution < 1.29 is 9.59 Å². The predicted molar refractivity (Wildman–Crippen MR) is 120 cm³/mol. The molecule has 0 spiro atoms. The van der Waals surface area contributed by atoms with Crippen molar-refractivity contribution in [1.82, 2.24) is 29.9 Å². The predicted octanol–water partition coefficient (Wildman–Crippen LogP) is 2.03. The van der Waals surface area contributed by atoms with Gasteiger partial charge in [0, 0.05) is 39.3 Å². The summed E-state index contributed by atoms with van der Waals surface area (Å²) in [6.07, 6.45) is 6.64. The van der Waals surface area contributed by atoms with Gasteiger partial charge in [0.1, 0.15) is 0 Å². The van der Waals surface area contributed by atoms with Crippen LogP contribution in [-0.4, -0.2) is 69.1 Å². The van der Waals surface area contributed by atoms with Crippen LogP contribution in [0.2, 0.25) is 0 Å². The largest absolute Gasteiger partial charge is 0.349 e. The van der Waals surface area contributed by atoms with Crippen LogP contribution >= 0.6 is 0 Å². The Hall–Kier alpha value is -2.74. The van der Waals surface area contributed by atoms with Gasteiger partial charge in [-0.2, -0.15) is 0 Å². The third-order valence-electron chi connectivity index (χ3n) is 7.21. The lowest BCUT2D eigenvalue weighted by Crippen LogP contribution is -2.54. The van der Waals surface area contributed by atoms with Crippen LogP contribution < -0.4 is 5.32 Å². The molecule has 8 heteroatoms. The van der Waals surface area contributed by atoms with Crippen LogP contribution in [0.3, 0.4) is 0 Å². The molecule has 0 radical (unpaired) electrons. The van der Waals surface area contributed by atoms with Crippen molar-refractivity contribution in [1.29, 1.82) is 0 Å². The zero-order valence-electron chi connectivity index (χ0n) is 18.6. The van der Waals surface area contributed by atoms with Crippen LogP contribution in [-0.2, 0) is 17.8 Å². The molecule has 1 saturated carbocycles. The molecule has 3 heterocycles. The fraction of sp³-hybridized carbons (Fsp3) is 0.583. The molecular weight excluding hydrogens is 404 g/mol. The van der Waals surface area contributed by atoms with Crippen LogP contribution in [0.1, 0.15) is 60.2 Å². The van der Waals surface area contributed by atoms with Gasteiger partial charge in [0.15, 0.2) is 5.82 Å². The summed E-state index contributed by atoms with van der Waals surface area (Å²) in [5.74, 6) is 1.79. The number of fused-ring (bicyclic) bond motifs is 3. The van der Waals surface area contributed by atoms with Gasteiger partial charge in [-0.05, 0) is 24.3 Å². The monoisotopic (exact) mass is 436 g/mol. The SMILES string of the molecule is O=C(NCC1CCCCC1)c1nnc2n1CCN1CCN(C(=O)Cc3ccccc3)C[C@@H]21. The Morgan fingerprint density at radius 3 is 2.56 bits per heavy atom. The highest BCUT2D eigenvalue weighted by Crippen LogP contribution is 2.29. The Kier molecular flexibility index (Phi) is 6.21. The van der Waals surface area contributed by atoms with E-state index in [1.165, 1.54) is 32.1 Å². The molecule has 1 saturated heterocycles. The van der Waals surface area contributed by atoms with Crippen LogP contribution in [0.25, 0.3) is 0 Å². The minimum Gasteiger partial charge on any atom is -0.349 e. The first-order valence-corrected chi connectivity index (χ1v) is 12.0. The van der Waals surface area contributed by atoms with Gasteiger partial charge in [0.25, 0.3) is 5.91 Å². The van der Waals surface area contributed by atoms with Crippen molar-refractivity contribution in [3.63, 3.8) is 0 Å². The van der Waals surface area contributed by atoms with Crippen LogP contribution in [0.4, 0.5) is 0 Å². The molecule has 1 aromatic carbocycles. The van der Waals surface area contributed by atoms with Crippen molar-refractivity contribution >= 4 is 11.8 Å². The minimum atomic E-state index is -0.129. The number of hydrogen-bond acceptors (Lipinski definition) is 5. The van der Waals surface area contributed by atoms with Gasteiger partial charge in [-0.25, -0.2) is 0 Å². The van der Waals surface area contributed by atoms with Gasteiger partial charge >= 0.3 is 0 Å². The molecular formula is C24H32N6O2. The van der Waals surface area contributed by atoms with E-state index in [2.05, 4.69) is 20.4 Å². The molecule has 1 atom stereocenters. The van der Waals surface area contributed by atoms with Crippen molar-refractivity contribution in [2.45, 2.75) is 51.1 Å². The first kappa shape index (κ1) is 21.1. The van der Waals surface area contributed by atoms with Gasteiger partial charge in [0.05, 0.1) is 12.5 Å². The molecule has 1 aromatic heterocycles. The number of carbonyl (C=O) groups is 2. The third-order valence-corrected chi connectivity index (χ3v) is 7.21. The molecule has 32 heavy (non-hydrogen) atoms.